The summed E-state index contributed by atoms with van der Waals surface area (Å²) in [5.41, 5.74) is 2.85. The van der Waals surface area contributed by atoms with E-state index in [1.54, 1.807) is 12.1 Å². The third kappa shape index (κ3) is 7.71. The summed E-state index contributed by atoms with van der Waals surface area (Å²) < 4.78 is 29.8. The highest BCUT2D eigenvalue weighted by molar-refractivity contribution is 5.77. The van der Waals surface area contributed by atoms with E-state index >= 15 is 0 Å². The van der Waals surface area contributed by atoms with Crippen LogP contribution in [0.25, 0.3) is 11.3 Å². The highest BCUT2D eigenvalue weighted by atomic mass is 19.1. The minimum absolute atomic E-state index is 0.0365. The normalized spacial score (nSPS) is 14.5. The highest BCUT2D eigenvalue weighted by Crippen LogP contribution is 2.37. The van der Waals surface area contributed by atoms with Crippen molar-refractivity contribution < 1.29 is 13.6 Å². The zero-order chi connectivity index (χ0) is 30.2. The van der Waals surface area contributed by atoms with Gasteiger partial charge in [0.2, 0.25) is 5.95 Å². The van der Waals surface area contributed by atoms with E-state index < -0.39 is 11.6 Å². The number of aldehydes is 1. The van der Waals surface area contributed by atoms with Crippen molar-refractivity contribution in [3.05, 3.63) is 53.4 Å². The zero-order valence-electron chi connectivity index (χ0n) is 24.8. The Bertz CT molecular complexity index is 1400. The Morgan fingerprint density at radius 1 is 1.21 bits per heavy atom. The van der Waals surface area contributed by atoms with Gasteiger partial charge in [-0.3, -0.25) is 9.89 Å². The predicted molar refractivity (Wildman–Crippen MR) is 164 cm³/mol. The van der Waals surface area contributed by atoms with Crippen molar-refractivity contribution in [2.45, 2.75) is 52.6 Å². The molecule has 0 bridgehead atoms. The molecule has 3 heterocycles. The van der Waals surface area contributed by atoms with Gasteiger partial charge in [0, 0.05) is 43.4 Å². The second-order valence-corrected chi connectivity index (χ2v) is 10.8. The second-order valence-electron chi connectivity index (χ2n) is 10.8. The van der Waals surface area contributed by atoms with Crippen LogP contribution >= 0.6 is 0 Å². The first-order valence-electron chi connectivity index (χ1n) is 14.4. The predicted octanol–water partition coefficient (Wildman–Crippen LogP) is 5.30. The number of aromatic nitrogens is 3. The van der Waals surface area contributed by atoms with Gasteiger partial charge >= 0.3 is 0 Å². The molecule has 224 valence electrons. The average molecular weight is 579 g/mol. The van der Waals surface area contributed by atoms with Crippen LogP contribution in [0.3, 0.4) is 0 Å². The summed E-state index contributed by atoms with van der Waals surface area (Å²) in [7, 11) is 2.01. The van der Waals surface area contributed by atoms with E-state index in [0.29, 0.717) is 37.6 Å². The first-order valence-corrected chi connectivity index (χ1v) is 14.4. The molecule has 1 aliphatic carbocycles. The molecule has 9 nitrogen and oxygen atoms in total. The summed E-state index contributed by atoms with van der Waals surface area (Å²) in [5, 5.41) is 6.16. The van der Waals surface area contributed by atoms with Crippen LogP contribution in [-0.2, 0) is 17.8 Å². The minimum atomic E-state index is -0.675. The number of hydrogen-bond acceptors (Lipinski definition) is 9. The molecule has 0 atom stereocenters. The molecule has 42 heavy (non-hydrogen) atoms. The van der Waals surface area contributed by atoms with Gasteiger partial charge in [-0.2, -0.15) is 0 Å². The van der Waals surface area contributed by atoms with Crippen LogP contribution in [0, 0.1) is 17.6 Å². The molecule has 2 aromatic heterocycles. The topological polar surface area (TPSA) is 98.6 Å². The molecular weight excluding hydrogens is 538 g/mol. The van der Waals surface area contributed by atoms with Crippen LogP contribution in [0.15, 0.2) is 35.5 Å². The Morgan fingerprint density at radius 3 is 2.62 bits per heavy atom. The first kappa shape index (κ1) is 31.1. The molecule has 2 N–H and O–H groups in total. The monoisotopic (exact) mass is 578 g/mol. The van der Waals surface area contributed by atoms with Gasteiger partial charge in [0.1, 0.15) is 23.5 Å². The van der Waals surface area contributed by atoms with E-state index in [1.807, 2.05) is 38.8 Å². The fourth-order valence-electron chi connectivity index (χ4n) is 5.07. The van der Waals surface area contributed by atoms with Gasteiger partial charge in [0.15, 0.2) is 11.6 Å². The molecule has 5 rings (SSSR count). The van der Waals surface area contributed by atoms with Crippen molar-refractivity contribution >= 4 is 36.1 Å². The van der Waals surface area contributed by atoms with E-state index in [9.17, 15) is 13.6 Å². The van der Waals surface area contributed by atoms with Gasteiger partial charge < -0.3 is 20.3 Å². The minimum Gasteiger partial charge on any atom is -0.368 e. The molecule has 0 radical (unpaired) electrons. The number of benzene rings is 1. The van der Waals surface area contributed by atoms with E-state index in [2.05, 4.69) is 42.2 Å². The summed E-state index contributed by atoms with van der Waals surface area (Å²) >= 11 is 0. The van der Waals surface area contributed by atoms with Crippen LogP contribution in [-0.4, -0.2) is 72.1 Å². The van der Waals surface area contributed by atoms with Crippen LogP contribution in [0.2, 0.25) is 0 Å². The van der Waals surface area contributed by atoms with E-state index in [1.165, 1.54) is 25.5 Å². The van der Waals surface area contributed by atoms with Gasteiger partial charge in [0.05, 0.1) is 18.4 Å². The largest absolute Gasteiger partial charge is 0.368 e. The third-order valence-electron chi connectivity index (χ3n) is 7.38. The maximum Gasteiger partial charge on any atom is 0.229 e. The molecule has 1 fully saturated rings. The van der Waals surface area contributed by atoms with Crippen molar-refractivity contribution in [1.29, 1.82) is 0 Å². The quantitative estimate of drug-likeness (QED) is 0.234. The lowest BCUT2D eigenvalue weighted by molar-refractivity contribution is -0.109. The molecule has 3 aromatic rings. The van der Waals surface area contributed by atoms with Gasteiger partial charge in [-0.15, -0.1) is 0 Å². The summed E-state index contributed by atoms with van der Waals surface area (Å²) in [6.45, 7) is 13.1. The lowest BCUT2D eigenvalue weighted by Gasteiger charge is -2.29. The number of pyridine rings is 1. The Hall–Kier alpha value is -3.83. The van der Waals surface area contributed by atoms with Gasteiger partial charge in [0.25, 0.3) is 0 Å². The molecule has 0 amide bonds. The fourth-order valence-corrected chi connectivity index (χ4v) is 5.07. The van der Waals surface area contributed by atoms with E-state index in [0.717, 1.165) is 36.2 Å². The molecular formula is C31H40F2N8O. The van der Waals surface area contributed by atoms with E-state index in [-0.39, 0.29) is 28.9 Å². The molecule has 0 spiro atoms. The Kier molecular flexibility index (Phi) is 10.6. The number of anilines is 3. The molecule has 11 heteroatoms. The summed E-state index contributed by atoms with van der Waals surface area (Å²) in [6, 6.07) is 6.69. The van der Waals surface area contributed by atoms with Crippen LogP contribution in [0.4, 0.5) is 31.9 Å². The molecule has 1 saturated carbocycles. The van der Waals surface area contributed by atoms with Crippen molar-refractivity contribution in [1.82, 2.24) is 25.2 Å². The molecule has 1 aromatic carbocycles. The molecule has 0 saturated heterocycles. The van der Waals surface area contributed by atoms with Gasteiger partial charge in [-0.05, 0) is 83.6 Å². The molecule has 1 aliphatic heterocycles. The van der Waals surface area contributed by atoms with Crippen LogP contribution < -0.4 is 15.5 Å². The summed E-state index contributed by atoms with van der Waals surface area (Å²) in [5.74, 6) is 0.414. The number of nitrogens with one attached hydrogen (secondary N) is 2. The Morgan fingerprint density at radius 2 is 2.00 bits per heavy atom. The standard InChI is InChI=1S/C26H29F2N7O.C5H11N/c1-5-35(16(2)3)22-13-18(12-19(27)25(22)29-4)24-20(28)14-30-26(33-24)32-23-7-6-17-15-34(10-11-36)9-8-21(17)31-23;1-6-4-5-2-3-5/h6-7,11-14,16H,4-5,8-10,15H2,1-3H3,(H,30,31,32,33);5-6H,2-4H2,1H3. The molecule has 0 unspecified atom stereocenters. The van der Waals surface area contributed by atoms with Crippen molar-refractivity contribution in [3.8, 4) is 11.3 Å². The number of fused-ring (bicyclic) bond motifs is 1. The average Bonchev–Trinajstić information content (AvgIpc) is 3.79. The SMILES string of the molecule is C=Nc1c(F)cc(-c2nc(Nc3ccc4c(n3)CCN(CC=O)C4)ncc2F)cc1N(CC)C(C)C.CNCC1CC1. The number of rotatable bonds is 11. The van der Waals surface area contributed by atoms with Crippen molar-refractivity contribution in [3.63, 3.8) is 0 Å². The fraction of sp³-hybridized carbons (Fsp3) is 0.452. The number of nitrogens with zero attached hydrogens (tertiary/aromatic N) is 6. The number of halogens is 2. The number of aliphatic imine (C=N–C) groups is 1. The van der Waals surface area contributed by atoms with Crippen molar-refractivity contribution in [2.24, 2.45) is 10.9 Å². The number of carbonyl (C=O) groups is 1. The Balaban J connectivity index is 0.000000600. The summed E-state index contributed by atoms with van der Waals surface area (Å²) in [6.07, 6.45) is 5.58. The lowest BCUT2D eigenvalue weighted by atomic mass is 10.1. The third-order valence-corrected chi connectivity index (χ3v) is 7.38. The number of hydrogen-bond donors (Lipinski definition) is 2. The second kappa shape index (κ2) is 14.4. The van der Waals surface area contributed by atoms with Crippen molar-refractivity contribution in [2.75, 3.05) is 43.4 Å². The zero-order valence-corrected chi connectivity index (χ0v) is 24.8. The highest BCUT2D eigenvalue weighted by Gasteiger charge is 2.21. The summed E-state index contributed by atoms with van der Waals surface area (Å²) in [4.78, 5) is 31.7. The first-order chi connectivity index (χ1) is 20.3. The number of carbonyl (C=O) groups excluding carboxylic acids is 1. The maximum absolute atomic E-state index is 15.0. The molecule has 2 aliphatic rings. The van der Waals surface area contributed by atoms with E-state index in [4.69, 9.17) is 0 Å². The van der Waals surface area contributed by atoms with Crippen LogP contribution in [0.5, 0.6) is 0 Å². The van der Waals surface area contributed by atoms with Gasteiger partial charge in [-0.25, -0.2) is 23.7 Å². The van der Waals surface area contributed by atoms with Crippen LogP contribution in [0.1, 0.15) is 44.9 Å². The Labute approximate surface area is 246 Å². The maximum atomic E-state index is 15.0. The lowest BCUT2D eigenvalue weighted by Crippen LogP contribution is -2.32. The smallest absolute Gasteiger partial charge is 0.229 e. The van der Waals surface area contributed by atoms with Gasteiger partial charge in [-0.1, -0.05) is 6.07 Å².